The minimum absolute atomic E-state index is 0.484. The van der Waals surface area contributed by atoms with Gasteiger partial charge in [0.05, 0.1) is 0 Å². The van der Waals surface area contributed by atoms with Crippen LogP contribution >= 0.6 is 12.6 Å². The zero-order valence-corrected chi connectivity index (χ0v) is 10.8. The summed E-state index contributed by atoms with van der Waals surface area (Å²) in [5, 5.41) is 0. The first kappa shape index (κ1) is 13.4. The summed E-state index contributed by atoms with van der Waals surface area (Å²) >= 11 is 4.35. The Morgan fingerprint density at radius 2 is 1.77 bits per heavy atom. The van der Waals surface area contributed by atoms with Crippen LogP contribution in [0.1, 0.15) is 53.9 Å². The zero-order valence-electron chi connectivity index (χ0n) is 9.93. The quantitative estimate of drug-likeness (QED) is 0.606. The molecule has 1 heteroatoms. The van der Waals surface area contributed by atoms with E-state index in [1.54, 1.807) is 0 Å². The minimum atomic E-state index is 0.484. The maximum absolute atomic E-state index is 4.35. The molecule has 0 aliphatic carbocycles. The van der Waals surface area contributed by atoms with Gasteiger partial charge in [-0.1, -0.05) is 47.5 Å². The van der Waals surface area contributed by atoms with Gasteiger partial charge in [0.1, 0.15) is 0 Å². The maximum atomic E-state index is 4.35. The second-order valence-corrected chi connectivity index (χ2v) is 5.54. The second kappa shape index (κ2) is 5.95. The highest BCUT2D eigenvalue weighted by atomic mass is 32.1. The van der Waals surface area contributed by atoms with Crippen LogP contribution in [0.3, 0.4) is 0 Å². The average molecular weight is 202 g/mol. The fourth-order valence-electron chi connectivity index (χ4n) is 1.99. The van der Waals surface area contributed by atoms with Gasteiger partial charge in [-0.15, -0.1) is 0 Å². The summed E-state index contributed by atoms with van der Waals surface area (Å²) in [5.41, 5.74) is 0.484. The third kappa shape index (κ3) is 4.95. The summed E-state index contributed by atoms with van der Waals surface area (Å²) in [6, 6.07) is 0. The van der Waals surface area contributed by atoms with Crippen LogP contribution in [0.25, 0.3) is 0 Å². The van der Waals surface area contributed by atoms with E-state index in [0.29, 0.717) is 5.41 Å². The lowest BCUT2D eigenvalue weighted by Gasteiger charge is -2.34. The van der Waals surface area contributed by atoms with E-state index >= 15 is 0 Å². The summed E-state index contributed by atoms with van der Waals surface area (Å²) in [5.74, 6) is 2.60. The van der Waals surface area contributed by atoms with Crippen molar-refractivity contribution in [1.82, 2.24) is 0 Å². The molecule has 0 N–H and O–H groups in total. The molecule has 0 rings (SSSR count). The SMILES string of the molecule is CCCC(C)C(C)(C)CC(C)CS. The van der Waals surface area contributed by atoms with Crippen LogP contribution in [0, 0.1) is 17.3 Å². The van der Waals surface area contributed by atoms with Crippen LogP contribution < -0.4 is 0 Å². The van der Waals surface area contributed by atoms with Crippen molar-refractivity contribution in [2.75, 3.05) is 5.75 Å². The Labute approximate surface area is 89.9 Å². The minimum Gasteiger partial charge on any atom is -0.179 e. The Hall–Kier alpha value is 0.350. The molecule has 0 radical (unpaired) electrons. The fraction of sp³-hybridized carbons (Fsp3) is 1.00. The van der Waals surface area contributed by atoms with Gasteiger partial charge in [0.15, 0.2) is 0 Å². The van der Waals surface area contributed by atoms with E-state index in [1.165, 1.54) is 19.3 Å². The standard InChI is InChI=1S/C12H26S/c1-6-7-11(3)12(4,5)8-10(2)9-13/h10-11,13H,6-9H2,1-5H3. The van der Waals surface area contributed by atoms with Crippen molar-refractivity contribution in [2.24, 2.45) is 17.3 Å². The molecule has 0 saturated heterocycles. The van der Waals surface area contributed by atoms with Crippen molar-refractivity contribution in [2.45, 2.75) is 53.9 Å². The molecule has 13 heavy (non-hydrogen) atoms. The normalized spacial score (nSPS) is 17.1. The van der Waals surface area contributed by atoms with E-state index in [2.05, 4.69) is 47.2 Å². The van der Waals surface area contributed by atoms with E-state index in [1.807, 2.05) is 0 Å². The fourth-order valence-corrected chi connectivity index (χ4v) is 2.12. The molecule has 0 aliphatic heterocycles. The molecule has 0 bridgehead atoms. The molecule has 80 valence electrons. The van der Waals surface area contributed by atoms with Gasteiger partial charge in [-0.2, -0.15) is 12.6 Å². The van der Waals surface area contributed by atoms with Gasteiger partial charge in [0.2, 0.25) is 0 Å². The van der Waals surface area contributed by atoms with Crippen LogP contribution in [0.5, 0.6) is 0 Å². The van der Waals surface area contributed by atoms with Gasteiger partial charge in [-0.25, -0.2) is 0 Å². The molecule has 0 heterocycles. The summed E-state index contributed by atoms with van der Waals surface area (Å²) in [4.78, 5) is 0. The summed E-state index contributed by atoms with van der Waals surface area (Å²) in [6.07, 6.45) is 3.96. The second-order valence-electron chi connectivity index (χ2n) is 5.17. The van der Waals surface area contributed by atoms with Gasteiger partial charge in [0, 0.05) is 0 Å². The predicted octanol–water partition coefficient (Wildman–Crippen LogP) is 4.40. The Bertz CT molecular complexity index is 129. The lowest BCUT2D eigenvalue weighted by molar-refractivity contribution is 0.176. The van der Waals surface area contributed by atoms with E-state index in [0.717, 1.165) is 17.6 Å². The molecule has 0 aromatic carbocycles. The monoisotopic (exact) mass is 202 g/mol. The van der Waals surface area contributed by atoms with Gasteiger partial charge in [-0.3, -0.25) is 0 Å². The van der Waals surface area contributed by atoms with Crippen molar-refractivity contribution >= 4 is 12.6 Å². The highest BCUT2D eigenvalue weighted by molar-refractivity contribution is 7.80. The molecule has 2 atom stereocenters. The molecule has 0 amide bonds. The van der Waals surface area contributed by atoms with E-state index in [9.17, 15) is 0 Å². The number of rotatable bonds is 6. The van der Waals surface area contributed by atoms with Crippen molar-refractivity contribution in [1.29, 1.82) is 0 Å². The maximum Gasteiger partial charge on any atom is -0.00719 e. The third-order valence-corrected chi connectivity index (χ3v) is 3.87. The zero-order chi connectivity index (χ0) is 10.5. The van der Waals surface area contributed by atoms with Crippen molar-refractivity contribution in [3.05, 3.63) is 0 Å². The molecular formula is C12H26S. The summed E-state index contributed by atoms with van der Waals surface area (Å²) in [6.45, 7) is 11.7. The Morgan fingerprint density at radius 3 is 2.15 bits per heavy atom. The molecule has 0 spiro atoms. The lowest BCUT2D eigenvalue weighted by Crippen LogP contribution is -2.24. The smallest absolute Gasteiger partial charge is 0.00719 e. The van der Waals surface area contributed by atoms with Crippen LogP contribution in [-0.4, -0.2) is 5.75 Å². The summed E-state index contributed by atoms with van der Waals surface area (Å²) < 4.78 is 0. The van der Waals surface area contributed by atoms with Gasteiger partial charge in [-0.05, 0) is 29.4 Å². The van der Waals surface area contributed by atoms with Crippen LogP contribution in [0.2, 0.25) is 0 Å². The Kier molecular flexibility index (Phi) is 6.11. The number of hydrogen-bond donors (Lipinski definition) is 1. The highest BCUT2D eigenvalue weighted by Crippen LogP contribution is 2.36. The lowest BCUT2D eigenvalue weighted by atomic mass is 9.72. The van der Waals surface area contributed by atoms with Gasteiger partial charge >= 0.3 is 0 Å². The summed E-state index contributed by atoms with van der Waals surface area (Å²) in [7, 11) is 0. The molecule has 0 fully saturated rings. The largest absolute Gasteiger partial charge is 0.179 e. The Morgan fingerprint density at radius 1 is 1.23 bits per heavy atom. The van der Waals surface area contributed by atoms with Gasteiger partial charge < -0.3 is 0 Å². The van der Waals surface area contributed by atoms with Crippen molar-refractivity contribution < 1.29 is 0 Å². The molecule has 2 unspecified atom stereocenters. The highest BCUT2D eigenvalue weighted by Gasteiger charge is 2.26. The van der Waals surface area contributed by atoms with E-state index < -0.39 is 0 Å². The molecule has 0 aromatic rings. The molecule has 0 aliphatic rings. The first-order valence-electron chi connectivity index (χ1n) is 5.55. The number of hydrogen-bond acceptors (Lipinski definition) is 1. The van der Waals surface area contributed by atoms with Crippen molar-refractivity contribution in [3.63, 3.8) is 0 Å². The molecule has 0 saturated carbocycles. The van der Waals surface area contributed by atoms with Crippen LogP contribution in [0.15, 0.2) is 0 Å². The number of thiol groups is 1. The van der Waals surface area contributed by atoms with Crippen molar-refractivity contribution in [3.8, 4) is 0 Å². The average Bonchev–Trinajstić information content (AvgIpc) is 2.04. The van der Waals surface area contributed by atoms with E-state index in [-0.39, 0.29) is 0 Å². The van der Waals surface area contributed by atoms with E-state index in [4.69, 9.17) is 0 Å². The van der Waals surface area contributed by atoms with Crippen LogP contribution in [-0.2, 0) is 0 Å². The van der Waals surface area contributed by atoms with Gasteiger partial charge in [0.25, 0.3) is 0 Å². The first-order valence-corrected chi connectivity index (χ1v) is 6.18. The molecule has 0 nitrogen and oxygen atoms in total. The topological polar surface area (TPSA) is 0 Å². The van der Waals surface area contributed by atoms with Crippen LogP contribution in [0.4, 0.5) is 0 Å². The molecular weight excluding hydrogens is 176 g/mol. The third-order valence-electron chi connectivity index (χ3n) is 3.24. The first-order chi connectivity index (χ1) is 5.94. The molecule has 0 aromatic heterocycles. The Balaban J connectivity index is 4.04. The predicted molar refractivity (Wildman–Crippen MR) is 65.5 cm³/mol.